The van der Waals surface area contributed by atoms with Crippen LogP contribution in [0.5, 0.6) is 23.0 Å². The fourth-order valence-corrected chi connectivity index (χ4v) is 12.9. The van der Waals surface area contributed by atoms with E-state index in [9.17, 15) is 53.9 Å². The van der Waals surface area contributed by atoms with Gasteiger partial charge < -0.3 is 73.8 Å². The number of ketones is 1. The van der Waals surface area contributed by atoms with Crippen molar-refractivity contribution in [1.82, 2.24) is 14.4 Å². The number of likely N-dealkylation sites (tertiary alicyclic amines) is 1. The van der Waals surface area contributed by atoms with Gasteiger partial charge in [0.1, 0.15) is 46.5 Å². The third-order valence-corrected chi connectivity index (χ3v) is 18.1. The Morgan fingerprint density at radius 3 is 2.20 bits per heavy atom. The van der Waals surface area contributed by atoms with Crippen molar-refractivity contribution < 1.29 is 72.8 Å². The van der Waals surface area contributed by atoms with E-state index in [0.717, 1.165) is 25.7 Å². The summed E-state index contributed by atoms with van der Waals surface area (Å²) in [5, 5.41) is 59.5. The molecule has 23 heteroatoms. The second-order valence-electron chi connectivity index (χ2n) is 24.9. The fraction of sp³-hybridized carbons (Fsp3) is 0.547. The number of ether oxygens (including phenoxy) is 5. The van der Waals surface area contributed by atoms with E-state index in [-0.39, 0.29) is 79.0 Å². The summed E-state index contributed by atoms with van der Waals surface area (Å²) in [5.41, 5.74) is -0.796. The Morgan fingerprint density at radius 2 is 1.56 bits per heavy atom. The van der Waals surface area contributed by atoms with Crippen molar-refractivity contribution in [3.05, 3.63) is 91.8 Å². The average molecular weight is 1210 g/mol. The van der Waals surface area contributed by atoms with Gasteiger partial charge in [0.15, 0.2) is 23.0 Å². The molecule has 3 aromatic carbocycles. The molecule has 7 heterocycles. The normalized spacial score (nSPS) is 29.0. The number of anilines is 2. The number of aliphatic hydroxyl groups excluding tert-OH is 2. The lowest BCUT2D eigenvalue weighted by Gasteiger charge is -2.38. The molecule has 4 aromatic rings. The number of esters is 1. The Labute approximate surface area is 504 Å². The molecular weight excluding hydrogens is 1130 g/mol. The summed E-state index contributed by atoms with van der Waals surface area (Å²) in [6.07, 6.45) is 6.38. The Kier molecular flexibility index (Phi) is 18.4. The van der Waals surface area contributed by atoms with Gasteiger partial charge in [0.05, 0.1) is 57.8 Å². The van der Waals surface area contributed by atoms with E-state index in [4.69, 9.17) is 33.7 Å². The molecule has 1 unspecified atom stereocenters. The highest BCUT2D eigenvalue weighted by atomic mass is 19.1. The molecule has 1 spiro atoms. The number of piperazine rings is 1. The van der Waals surface area contributed by atoms with E-state index >= 15 is 0 Å². The summed E-state index contributed by atoms with van der Waals surface area (Å²) < 4.78 is 46.5. The molecule has 10 rings (SSSR count). The number of pyridine rings is 1. The molecule has 2 fully saturated rings. The Bertz CT molecular complexity index is 3700. The van der Waals surface area contributed by atoms with Gasteiger partial charge in [0, 0.05) is 126 Å². The number of hydrogen-bond donors (Lipinski definition) is 6. The van der Waals surface area contributed by atoms with Crippen molar-refractivity contribution in [2.45, 2.75) is 131 Å². The van der Waals surface area contributed by atoms with Gasteiger partial charge >= 0.3 is 17.7 Å². The highest BCUT2D eigenvalue weighted by Gasteiger charge is 2.50. The van der Waals surface area contributed by atoms with Gasteiger partial charge in [-0.25, -0.2) is 9.18 Å². The average Bonchev–Trinajstić information content (AvgIpc) is 1.64. The van der Waals surface area contributed by atoms with Crippen LogP contribution in [0.25, 0.3) is 21.7 Å². The number of nitrogens with one attached hydrogen (secondary N) is 1. The fourth-order valence-electron chi connectivity index (χ4n) is 12.9. The van der Waals surface area contributed by atoms with Crippen molar-refractivity contribution >= 4 is 56.7 Å². The van der Waals surface area contributed by atoms with E-state index in [1.165, 1.54) is 33.4 Å². The number of aromatic hydroxyl groups is 2. The van der Waals surface area contributed by atoms with Gasteiger partial charge in [-0.15, -0.1) is 0 Å². The van der Waals surface area contributed by atoms with Gasteiger partial charge in [0.25, 0.3) is 11.7 Å². The number of methoxy groups -OCH3 is 1. The molecule has 22 nitrogen and oxygen atoms in total. The predicted molar refractivity (Wildman–Crippen MR) is 323 cm³/mol. The molecule has 0 radical (unpaired) electrons. The highest BCUT2D eigenvalue weighted by Crippen LogP contribution is 2.50. The van der Waals surface area contributed by atoms with E-state index < -0.39 is 100 Å². The number of hydrogen-bond acceptors (Lipinski definition) is 19. The lowest BCUT2D eigenvalue weighted by molar-refractivity contribution is -0.160. The number of allylic oxidation sites excluding steroid dienone is 2. The third kappa shape index (κ3) is 12.0. The smallest absolute Gasteiger partial charge is 0.341 e. The summed E-state index contributed by atoms with van der Waals surface area (Å²) in [6, 6.07) is 0.994. The molecule has 6 aliphatic rings. The maximum Gasteiger partial charge on any atom is 0.341 e. The van der Waals surface area contributed by atoms with E-state index in [1.54, 1.807) is 70.4 Å². The second-order valence-corrected chi connectivity index (χ2v) is 24.9. The van der Waals surface area contributed by atoms with Crippen molar-refractivity contribution in [3.8, 4) is 23.0 Å². The van der Waals surface area contributed by atoms with Crippen molar-refractivity contribution in [2.75, 3.05) is 76.8 Å². The van der Waals surface area contributed by atoms with Crippen LogP contribution in [0.1, 0.15) is 114 Å². The standard InChI is InChI=1S/C46H62N4O11.C18H20FN3O4/c1-22(2)21-50-18-16-46(17-19-50)48-34-31-32-39(54)28(8)42-33(31)43(56)45(10,61-42)59-20-15-30(58-11)25(5)41(60-29(9)51)27(7)38(53)26(6)37(52)23(3)13-12-14-24(4)44(57)47-36(40(32)55)35(34)49-46;1-10-9-26-17-14-11(16(23)12(18(24)25)8-22(10)14)7-13(19)15(17)21-5-3-20(2)4-6-21/h12-15,20,22-23,25-27,30,37-38,41,52-55H,16-19,21H2,1-11H3,(H,47,57);7-8,10H,3-6,9H2,1-2H3,(H,24,25)/b13-12-,20-15-,24-14+;/t23-,25+,26+,27-,30-,37-,38+,41-,45-;/m0./s1. The van der Waals surface area contributed by atoms with Gasteiger partial charge in [-0.05, 0) is 45.9 Å². The van der Waals surface area contributed by atoms with E-state index in [2.05, 4.69) is 29.0 Å². The molecule has 2 saturated heterocycles. The van der Waals surface area contributed by atoms with Crippen LogP contribution in [-0.4, -0.2) is 166 Å². The largest absolute Gasteiger partial charge is 0.507 e. The summed E-state index contributed by atoms with van der Waals surface area (Å²) in [5.74, 6) is -7.99. The summed E-state index contributed by atoms with van der Waals surface area (Å²) in [6.45, 7) is 24.6. The molecule has 1 amide bonds. The van der Waals surface area contributed by atoms with Gasteiger partial charge in [-0.3, -0.25) is 29.2 Å². The maximum absolute atomic E-state index is 15.0. The van der Waals surface area contributed by atoms with Crippen LogP contribution in [0, 0.1) is 42.3 Å². The first-order chi connectivity index (χ1) is 41.0. The number of piperidine rings is 1. The second kappa shape index (κ2) is 25.0. The first-order valence-electron chi connectivity index (χ1n) is 29.8. The number of rotatable bonds is 6. The number of aromatic nitrogens is 1. The Balaban J connectivity index is 0.000000286. The quantitative estimate of drug-likeness (QED) is 0.0913. The molecular formula is C64H82FN7O15. The number of likely N-dealkylation sites (N-methyl/N-ethyl adjacent to an activating group) is 1. The number of carbonyl (C=O) groups excluding carboxylic acids is 3. The monoisotopic (exact) mass is 1210 g/mol. The SMILES string of the molecule is CC1COc2c(N3CCN(C)CC3)c(F)cc3c(=O)c(C(=O)O)cn1c23.CO[C@H]1/C=C\O[C@@]2(C)Oc3c(C)c(O)c4c(O)c(c5c(c4c3C2=O)=NC2(CCN(CC(C)C)CC2)N=5)NC(=O)/C(C)=C/C=C\[C@H](C)[C@H](O)[C@@H](C)[C@@H](O)[C@H](C)[C@@H](OC(C)=O)[C@@H]1C. The maximum atomic E-state index is 15.0. The number of carboxylic acids is 1. The Morgan fingerprint density at radius 1 is 0.897 bits per heavy atom. The molecule has 4 bridgehead atoms. The number of benzene rings is 3. The van der Waals surface area contributed by atoms with Crippen molar-refractivity contribution in [2.24, 2.45) is 39.6 Å². The van der Waals surface area contributed by atoms with Crippen LogP contribution in [0.4, 0.5) is 15.8 Å². The van der Waals surface area contributed by atoms with Gasteiger partial charge in [-0.2, -0.15) is 0 Å². The number of aromatic carboxylic acids is 1. The number of carbonyl (C=O) groups is 4. The first kappa shape index (κ1) is 64.0. The molecule has 10 atom stereocenters. The molecule has 87 heavy (non-hydrogen) atoms. The number of aliphatic hydroxyl groups is 2. The number of halogens is 1. The topological polar surface area (TPSA) is 284 Å². The molecule has 6 aliphatic heterocycles. The lowest BCUT2D eigenvalue weighted by atomic mass is 9.78. The zero-order valence-corrected chi connectivity index (χ0v) is 51.8. The zero-order chi connectivity index (χ0) is 63.5. The third-order valence-electron chi connectivity index (χ3n) is 18.1. The lowest BCUT2D eigenvalue weighted by Crippen LogP contribution is -2.46. The summed E-state index contributed by atoms with van der Waals surface area (Å²) in [4.78, 5) is 81.8. The molecule has 0 saturated carbocycles. The van der Waals surface area contributed by atoms with Crippen molar-refractivity contribution in [3.63, 3.8) is 0 Å². The van der Waals surface area contributed by atoms with E-state index in [1.807, 2.05) is 18.9 Å². The van der Waals surface area contributed by atoms with Crippen LogP contribution in [0.15, 0.2) is 63.2 Å². The molecule has 0 aliphatic carbocycles. The first-order valence-corrected chi connectivity index (χ1v) is 29.8. The number of amides is 1. The van der Waals surface area contributed by atoms with E-state index in [0.29, 0.717) is 61.9 Å². The summed E-state index contributed by atoms with van der Waals surface area (Å²) >= 11 is 0. The zero-order valence-electron chi connectivity index (χ0n) is 51.8. The van der Waals surface area contributed by atoms with Crippen LogP contribution >= 0.6 is 0 Å². The number of phenols is 2. The highest BCUT2D eigenvalue weighted by molar-refractivity contribution is 6.19. The van der Waals surface area contributed by atoms with Crippen LogP contribution in [0.2, 0.25) is 0 Å². The number of carboxylic acid groups (broad SMARTS) is 1. The Hall–Kier alpha value is -7.44. The molecule has 470 valence electrons. The summed E-state index contributed by atoms with van der Waals surface area (Å²) in [7, 11) is 3.48. The van der Waals surface area contributed by atoms with Gasteiger partial charge in [-0.1, -0.05) is 59.8 Å². The van der Waals surface area contributed by atoms with Crippen molar-refractivity contribution in [1.29, 1.82) is 0 Å². The molecule has 6 N–H and O–H groups in total. The van der Waals surface area contributed by atoms with Gasteiger partial charge in [0.2, 0.25) is 5.43 Å². The van der Waals surface area contributed by atoms with Crippen LogP contribution in [-0.2, 0) is 23.8 Å². The van der Waals surface area contributed by atoms with Crippen LogP contribution < -0.4 is 35.8 Å². The minimum Gasteiger partial charge on any atom is -0.507 e. The number of nitrogens with zero attached hydrogens (tertiary/aromatic N) is 6. The number of phenolic OH excluding ortho intramolecular Hbond substituents is 2. The predicted octanol–water partition coefficient (Wildman–Crippen LogP) is 6.29. The number of fused-ring (bicyclic) bond motifs is 1. The number of Topliss-reactive ketones (excluding diaryl/α,β-unsaturated/α-hetero) is 1. The van der Waals surface area contributed by atoms with Crippen LogP contribution in [0.3, 0.4) is 0 Å². The molecule has 1 aromatic heterocycles. The minimum absolute atomic E-state index is 0.0364. The minimum atomic E-state index is -1.96.